The van der Waals surface area contributed by atoms with Gasteiger partial charge in [-0.1, -0.05) is 6.42 Å². The van der Waals surface area contributed by atoms with Crippen molar-refractivity contribution in [2.75, 3.05) is 44.2 Å². The topological polar surface area (TPSA) is 61.7 Å². The summed E-state index contributed by atoms with van der Waals surface area (Å²) in [4.78, 5) is 30.1. The van der Waals surface area contributed by atoms with Gasteiger partial charge in [0.1, 0.15) is 0 Å². The van der Waals surface area contributed by atoms with Crippen molar-refractivity contribution in [2.45, 2.75) is 44.6 Å². The summed E-state index contributed by atoms with van der Waals surface area (Å²) in [6.45, 7) is 5.46. The van der Waals surface area contributed by atoms with Crippen molar-refractivity contribution in [3.05, 3.63) is 12.4 Å². The van der Waals surface area contributed by atoms with Crippen molar-refractivity contribution in [1.29, 1.82) is 0 Å². The summed E-state index contributed by atoms with van der Waals surface area (Å²) in [5.41, 5.74) is 0.927. The lowest BCUT2D eigenvalue weighted by Gasteiger charge is -2.40. The largest absolute Gasteiger partial charge is 0.341 e. The fourth-order valence-electron chi connectivity index (χ4n) is 4.02. The molecule has 3 aliphatic heterocycles. The van der Waals surface area contributed by atoms with Crippen LogP contribution in [0.1, 0.15) is 44.6 Å². The number of nitrogens with zero attached hydrogens (tertiary/aromatic N) is 5. The van der Waals surface area contributed by atoms with Gasteiger partial charge >= 0.3 is 0 Å². The molecule has 136 valence electrons. The van der Waals surface area contributed by atoms with Gasteiger partial charge in [-0.3, -0.25) is 19.2 Å². The first-order valence-electron chi connectivity index (χ1n) is 9.55. The van der Waals surface area contributed by atoms with Crippen LogP contribution >= 0.6 is 0 Å². The first kappa shape index (κ1) is 16.6. The van der Waals surface area contributed by atoms with E-state index >= 15 is 0 Å². The van der Waals surface area contributed by atoms with Crippen LogP contribution in [0.15, 0.2) is 12.4 Å². The van der Waals surface area contributed by atoms with Crippen molar-refractivity contribution in [3.8, 4) is 0 Å². The third-order valence-corrected chi connectivity index (χ3v) is 5.64. The SMILES string of the molecule is O=C1CCCCCN1CCN1CC(n2cc(N3CCCC3=O)cn2)C1. The molecule has 0 N–H and O–H groups in total. The summed E-state index contributed by atoms with van der Waals surface area (Å²) in [7, 11) is 0. The number of aromatic nitrogens is 2. The molecule has 0 spiro atoms. The molecule has 2 amide bonds. The molecule has 25 heavy (non-hydrogen) atoms. The number of hydrogen-bond donors (Lipinski definition) is 0. The van der Waals surface area contributed by atoms with Gasteiger partial charge in [-0.25, -0.2) is 0 Å². The maximum Gasteiger partial charge on any atom is 0.227 e. The monoisotopic (exact) mass is 345 g/mol. The Kier molecular flexibility index (Phi) is 4.74. The molecule has 0 aliphatic carbocycles. The molecule has 4 heterocycles. The van der Waals surface area contributed by atoms with Gasteiger partial charge in [-0.15, -0.1) is 0 Å². The molecule has 3 aliphatic rings. The predicted octanol–water partition coefficient (Wildman–Crippen LogP) is 1.27. The molecule has 4 rings (SSSR count). The van der Waals surface area contributed by atoms with E-state index in [4.69, 9.17) is 0 Å². The highest BCUT2D eigenvalue weighted by Crippen LogP contribution is 2.25. The fraction of sp³-hybridized carbons (Fsp3) is 0.722. The molecule has 0 bridgehead atoms. The summed E-state index contributed by atoms with van der Waals surface area (Å²) in [5, 5.41) is 4.46. The van der Waals surface area contributed by atoms with Gasteiger partial charge in [0.15, 0.2) is 0 Å². The Morgan fingerprint density at radius 2 is 1.80 bits per heavy atom. The zero-order chi connectivity index (χ0) is 17.2. The molecule has 1 aromatic rings. The quantitative estimate of drug-likeness (QED) is 0.806. The van der Waals surface area contributed by atoms with Crippen molar-refractivity contribution in [1.82, 2.24) is 19.6 Å². The number of carbonyl (C=O) groups excluding carboxylic acids is 2. The molecule has 0 aromatic carbocycles. The van der Waals surface area contributed by atoms with Crippen molar-refractivity contribution >= 4 is 17.5 Å². The second kappa shape index (κ2) is 7.15. The minimum atomic E-state index is 0.205. The molecule has 0 saturated carbocycles. The maximum atomic E-state index is 12.0. The number of hydrogen-bond acceptors (Lipinski definition) is 4. The Hall–Kier alpha value is -1.89. The van der Waals surface area contributed by atoms with Crippen LogP contribution in [0, 0.1) is 0 Å². The lowest BCUT2D eigenvalue weighted by molar-refractivity contribution is -0.131. The van der Waals surface area contributed by atoms with Crippen molar-refractivity contribution in [3.63, 3.8) is 0 Å². The van der Waals surface area contributed by atoms with Gasteiger partial charge in [0.05, 0.1) is 17.9 Å². The Labute approximate surface area is 148 Å². The number of amides is 2. The highest BCUT2D eigenvalue weighted by molar-refractivity contribution is 5.95. The van der Waals surface area contributed by atoms with Crippen molar-refractivity contribution in [2.24, 2.45) is 0 Å². The van der Waals surface area contributed by atoms with E-state index in [-0.39, 0.29) is 5.91 Å². The molecule has 0 radical (unpaired) electrons. The summed E-state index contributed by atoms with van der Waals surface area (Å²) in [5.74, 6) is 0.526. The summed E-state index contributed by atoms with van der Waals surface area (Å²) in [6, 6.07) is 0.381. The minimum Gasteiger partial charge on any atom is -0.341 e. The predicted molar refractivity (Wildman–Crippen MR) is 94.3 cm³/mol. The maximum absolute atomic E-state index is 12.0. The standard InChI is InChI=1S/C18H27N5O2/c24-17-5-2-1-3-7-21(17)10-9-20-12-16(13-20)23-14-15(11-19-23)22-8-4-6-18(22)25/h11,14,16H,1-10,12-13H2. The lowest BCUT2D eigenvalue weighted by atomic mass is 10.1. The van der Waals surface area contributed by atoms with Gasteiger partial charge in [0.25, 0.3) is 0 Å². The van der Waals surface area contributed by atoms with Crippen LogP contribution < -0.4 is 4.90 Å². The van der Waals surface area contributed by atoms with Gasteiger partial charge in [0.2, 0.25) is 11.8 Å². The molecule has 3 fully saturated rings. The van der Waals surface area contributed by atoms with E-state index in [1.165, 1.54) is 6.42 Å². The summed E-state index contributed by atoms with van der Waals surface area (Å²) in [6.07, 6.45) is 9.48. The first-order valence-corrected chi connectivity index (χ1v) is 9.55. The van der Waals surface area contributed by atoms with Gasteiger partial charge in [0, 0.05) is 58.3 Å². The molecular weight excluding hydrogens is 318 g/mol. The van der Waals surface area contributed by atoms with E-state index in [9.17, 15) is 9.59 Å². The average Bonchev–Trinajstić information content (AvgIpc) is 3.14. The van der Waals surface area contributed by atoms with Gasteiger partial charge < -0.3 is 9.80 Å². The van der Waals surface area contributed by atoms with Crippen LogP contribution in [-0.2, 0) is 9.59 Å². The second-order valence-corrected chi connectivity index (χ2v) is 7.43. The highest BCUT2D eigenvalue weighted by atomic mass is 16.2. The smallest absolute Gasteiger partial charge is 0.227 e. The number of anilines is 1. The van der Waals surface area contributed by atoms with Gasteiger partial charge in [-0.05, 0) is 19.3 Å². The minimum absolute atomic E-state index is 0.205. The molecule has 7 heteroatoms. The number of rotatable bonds is 5. The van der Waals surface area contributed by atoms with Crippen LogP contribution in [0.2, 0.25) is 0 Å². The Morgan fingerprint density at radius 1 is 0.960 bits per heavy atom. The van der Waals surface area contributed by atoms with Crippen LogP contribution in [-0.4, -0.2) is 70.7 Å². The zero-order valence-electron chi connectivity index (χ0n) is 14.8. The summed E-state index contributed by atoms with van der Waals surface area (Å²) < 4.78 is 1.99. The highest BCUT2D eigenvalue weighted by Gasteiger charge is 2.30. The summed E-state index contributed by atoms with van der Waals surface area (Å²) >= 11 is 0. The molecular formula is C18H27N5O2. The van der Waals surface area contributed by atoms with Crippen LogP contribution in [0.3, 0.4) is 0 Å². The molecule has 1 aromatic heterocycles. The van der Waals surface area contributed by atoms with Crippen LogP contribution in [0.5, 0.6) is 0 Å². The number of likely N-dealkylation sites (tertiary alicyclic amines) is 2. The molecule has 3 saturated heterocycles. The molecule has 0 atom stereocenters. The van der Waals surface area contributed by atoms with E-state index < -0.39 is 0 Å². The van der Waals surface area contributed by atoms with E-state index in [0.717, 1.165) is 64.2 Å². The van der Waals surface area contributed by atoms with Gasteiger partial charge in [-0.2, -0.15) is 5.10 Å². The first-order chi connectivity index (χ1) is 12.2. The third-order valence-electron chi connectivity index (χ3n) is 5.64. The Balaban J connectivity index is 1.24. The Bertz CT molecular complexity index is 637. The Morgan fingerprint density at radius 3 is 2.60 bits per heavy atom. The van der Waals surface area contributed by atoms with Crippen LogP contribution in [0.4, 0.5) is 5.69 Å². The third kappa shape index (κ3) is 3.56. The molecule has 0 unspecified atom stereocenters. The molecule has 7 nitrogen and oxygen atoms in total. The zero-order valence-corrected chi connectivity index (χ0v) is 14.8. The van der Waals surface area contributed by atoms with Crippen LogP contribution in [0.25, 0.3) is 0 Å². The van der Waals surface area contributed by atoms with E-state index in [2.05, 4.69) is 10.00 Å². The number of carbonyl (C=O) groups is 2. The normalized spacial score (nSPS) is 23.2. The van der Waals surface area contributed by atoms with E-state index in [1.54, 1.807) is 0 Å². The average molecular weight is 345 g/mol. The second-order valence-electron chi connectivity index (χ2n) is 7.43. The van der Waals surface area contributed by atoms with E-state index in [1.807, 2.05) is 26.9 Å². The lowest BCUT2D eigenvalue weighted by Crippen LogP contribution is -2.50. The fourth-order valence-corrected chi connectivity index (χ4v) is 4.02. The van der Waals surface area contributed by atoms with Crippen molar-refractivity contribution < 1.29 is 9.59 Å². The van der Waals surface area contributed by atoms with E-state index in [0.29, 0.717) is 24.8 Å².